The lowest BCUT2D eigenvalue weighted by Gasteiger charge is -2.29. The van der Waals surface area contributed by atoms with Gasteiger partial charge in [-0.25, -0.2) is 0 Å². The molecular weight excluding hydrogens is 263 g/mol. The van der Waals surface area contributed by atoms with Crippen LogP contribution in [0.3, 0.4) is 0 Å². The van der Waals surface area contributed by atoms with Crippen LogP contribution in [0.2, 0.25) is 0 Å². The van der Waals surface area contributed by atoms with Crippen LogP contribution in [-0.2, 0) is 9.53 Å². The molecule has 1 rings (SSSR count). The number of carboxylic acids is 1. The fourth-order valence-electron chi connectivity index (χ4n) is 2.42. The van der Waals surface area contributed by atoms with E-state index in [-0.39, 0.29) is 18.9 Å². The van der Waals surface area contributed by atoms with Crippen LogP contribution in [0.4, 0.5) is 13.2 Å². The second-order valence-corrected chi connectivity index (χ2v) is 5.37. The second-order valence-electron chi connectivity index (χ2n) is 5.37. The Morgan fingerprint density at radius 1 is 1.42 bits per heavy atom. The number of carbonyl (C=O) groups is 1. The van der Waals surface area contributed by atoms with Crippen LogP contribution in [0, 0.1) is 0 Å². The van der Waals surface area contributed by atoms with Crippen LogP contribution in [0.15, 0.2) is 0 Å². The molecule has 4 nitrogen and oxygen atoms in total. The number of rotatable bonds is 5. The van der Waals surface area contributed by atoms with Crippen molar-refractivity contribution in [1.29, 1.82) is 0 Å². The molecule has 0 amide bonds. The third kappa shape index (κ3) is 4.07. The average molecular weight is 283 g/mol. The molecule has 0 heterocycles. The fourth-order valence-corrected chi connectivity index (χ4v) is 2.42. The number of carboxylic acid groups (broad SMARTS) is 1. The van der Waals surface area contributed by atoms with Crippen LogP contribution >= 0.6 is 0 Å². The summed E-state index contributed by atoms with van der Waals surface area (Å²) in [7, 11) is 0. The zero-order valence-corrected chi connectivity index (χ0v) is 11.3. The van der Waals surface area contributed by atoms with Gasteiger partial charge in [0.15, 0.2) is 6.10 Å². The molecule has 3 atom stereocenters. The minimum absolute atomic E-state index is 0.0565. The molecular formula is C12H20F3NO3. The lowest BCUT2D eigenvalue weighted by molar-refractivity contribution is -0.226. The Labute approximate surface area is 110 Å². The summed E-state index contributed by atoms with van der Waals surface area (Å²) in [5.41, 5.74) is -1.18. The molecule has 0 saturated heterocycles. The van der Waals surface area contributed by atoms with Gasteiger partial charge in [0, 0.05) is 12.5 Å². The van der Waals surface area contributed by atoms with E-state index in [1.165, 1.54) is 0 Å². The van der Waals surface area contributed by atoms with E-state index in [0.29, 0.717) is 6.42 Å². The topological polar surface area (TPSA) is 58.6 Å². The number of halogens is 3. The Balaban J connectivity index is 2.67. The smallest absolute Gasteiger partial charge is 0.414 e. The summed E-state index contributed by atoms with van der Waals surface area (Å²) >= 11 is 0. The van der Waals surface area contributed by atoms with E-state index >= 15 is 0 Å². The molecule has 112 valence electrons. The summed E-state index contributed by atoms with van der Waals surface area (Å²) in [6.45, 7) is 4.55. The Morgan fingerprint density at radius 3 is 2.42 bits per heavy atom. The summed E-state index contributed by atoms with van der Waals surface area (Å²) in [5, 5.41) is 12.2. The number of nitrogens with one attached hydrogen (secondary N) is 1. The molecule has 0 aromatic rings. The monoisotopic (exact) mass is 283 g/mol. The quantitative estimate of drug-likeness (QED) is 0.813. The van der Waals surface area contributed by atoms with Gasteiger partial charge in [0.2, 0.25) is 0 Å². The molecule has 0 aliphatic heterocycles. The number of alkyl halides is 3. The highest BCUT2D eigenvalue weighted by molar-refractivity contribution is 5.79. The minimum Gasteiger partial charge on any atom is -0.480 e. The largest absolute Gasteiger partial charge is 0.480 e. The summed E-state index contributed by atoms with van der Waals surface area (Å²) in [6, 6.07) is -0.0603. The van der Waals surface area contributed by atoms with Crippen molar-refractivity contribution in [2.45, 2.75) is 70.0 Å². The highest BCUT2D eigenvalue weighted by atomic mass is 19.4. The highest BCUT2D eigenvalue weighted by Crippen LogP contribution is 2.35. The van der Waals surface area contributed by atoms with Crippen molar-refractivity contribution in [3.8, 4) is 0 Å². The van der Waals surface area contributed by atoms with Crippen molar-refractivity contribution < 1.29 is 27.8 Å². The number of hydrogen-bond acceptors (Lipinski definition) is 3. The molecule has 2 N–H and O–H groups in total. The molecule has 0 aromatic heterocycles. The number of aliphatic carboxylic acids is 1. The SMILES string of the molecule is CC(C)NC1(C(=O)O)CCC(OC(C)C(F)(F)F)C1. The lowest BCUT2D eigenvalue weighted by Crippen LogP contribution is -2.53. The first-order chi connectivity index (χ1) is 8.57. The molecule has 3 unspecified atom stereocenters. The van der Waals surface area contributed by atoms with Gasteiger partial charge in [-0.3, -0.25) is 10.1 Å². The second kappa shape index (κ2) is 5.66. The van der Waals surface area contributed by atoms with Gasteiger partial charge >= 0.3 is 12.1 Å². The van der Waals surface area contributed by atoms with Gasteiger partial charge < -0.3 is 9.84 Å². The molecule has 1 saturated carbocycles. The predicted octanol–water partition coefficient (Wildman–Crippen LogP) is 2.33. The molecule has 1 fully saturated rings. The van der Waals surface area contributed by atoms with E-state index < -0.39 is 29.9 Å². The van der Waals surface area contributed by atoms with E-state index in [2.05, 4.69) is 5.32 Å². The van der Waals surface area contributed by atoms with Crippen molar-refractivity contribution in [2.75, 3.05) is 0 Å². The first-order valence-corrected chi connectivity index (χ1v) is 6.30. The van der Waals surface area contributed by atoms with Crippen LogP contribution in [0.5, 0.6) is 0 Å². The van der Waals surface area contributed by atoms with E-state index in [1.807, 2.05) is 0 Å². The van der Waals surface area contributed by atoms with Crippen molar-refractivity contribution >= 4 is 5.97 Å². The molecule has 0 aromatic carbocycles. The normalized spacial score (nSPS) is 29.7. The van der Waals surface area contributed by atoms with E-state index in [1.54, 1.807) is 13.8 Å². The first kappa shape index (κ1) is 16.2. The van der Waals surface area contributed by atoms with Gasteiger partial charge in [-0.2, -0.15) is 13.2 Å². The van der Waals surface area contributed by atoms with Crippen molar-refractivity contribution in [3.05, 3.63) is 0 Å². The number of ether oxygens (including phenoxy) is 1. The van der Waals surface area contributed by atoms with Crippen molar-refractivity contribution in [3.63, 3.8) is 0 Å². The van der Waals surface area contributed by atoms with Crippen molar-refractivity contribution in [2.24, 2.45) is 0 Å². The third-order valence-electron chi connectivity index (χ3n) is 3.30. The van der Waals surface area contributed by atoms with Crippen LogP contribution in [-0.4, -0.2) is 41.0 Å². The molecule has 0 bridgehead atoms. The summed E-state index contributed by atoms with van der Waals surface area (Å²) in [6.07, 6.45) is -6.33. The average Bonchev–Trinajstić information content (AvgIpc) is 2.60. The maximum atomic E-state index is 12.4. The Hall–Kier alpha value is -0.820. The zero-order chi connectivity index (χ0) is 14.8. The van der Waals surface area contributed by atoms with Crippen LogP contribution < -0.4 is 5.32 Å². The van der Waals surface area contributed by atoms with Crippen LogP contribution in [0.1, 0.15) is 40.0 Å². The Bertz CT molecular complexity index is 333. The molecule has 1 aliphatic rings. The van der Waals surface area contributed by atoms with Crippen molar-refractivity contribution in [1.82, 2.24) is 5.32 Å². The Morgan fingerprint density at radius 2 is 2.00 bits per heavy atom. The van der Waals surface area contributed by atoms with Crippen LogP contribution in [0.25, 0.3) is 0 Å². The molecule has 7 heteroatoms. The van der Waals surface area contributed by atoms with Gasteiger partial charge in [0.05, 0.1) is 6.10 Å². The lowest BCUT2D eigenvalue weighted by atomic mass is 9.96. The first-order valence-electron chi connectivity index (χ1n) is 6.30. The summed E-state index contributed by atoms with van der Waals surface area (Å²) < 4.78 is 42.2. The number of hydrogen-bond donors (Lipinski definition) is 2. The molecule has 0 spiro atoms. The maximum absolute atomic E-state index is 12.4. The highest BCUT2D eigenvalue weighted by Gasteiger charge is 2.48. The standard InChI is InChI=1S/C12H20F3NO3/c1-7(2)16-11(10(17)18)5-4-9(6-11)19-8(3)12(13,14)15/h7-9,16H,4-6H2,1-3H3,(H,17,18). The van der Waals surface area contributed by atoms with Gasteiger partial charge in [0.25, 0.3) is 0 Å². The van der Waals surface area contributed by atoms with Gasteiger partial charge in [-0.05, 0) is 33.6 Å². The van der Waals surface area contributed by atoms with Gasteiger partial charge in [-0.1, -0.05) is 0 Å². The summed E-state index contributed by atoms with van der Waals surface area (Å²) in [5.74, 6) is -1.04. The summed E-state index contributed by atoms with van der Waals surface area (Å²) in [4.78, 5) is 11.3. The zero-order valence-electron chi connectivity index (χ0n) is 11.3. The van der Waals surface area contributed by atoms with E-state index in [9.17, 15) is 23.1 Å². The minimum atomic E-state index is -4.42. The third-order valence-corrected chi connectivity index (χ3v) is 3.30. The van der Waals surface area contributed by atoms with E-state index in [0.717, 1.165) is 6.92 Å². The molecule has 0 radical (unpaired) electrons. The van der Waals surface area contributed by atoms with Gasteiger partial charge in [0.1, 0.15) is 5.54 Å². The maximum Gasteiger partial charge on any atom is 0.414 e. The van der Waals surface area contributed by atoms with E-state index in [4.69, 9.17) is 4.74 Å². The molecule has 19 heavy (non-hydrogen) atoms. The molecule has 1 aliphatic carbocycles. The predicted molar refractivity (Wildman–Crippen MR) is 62.9 cm³/mol. The fraction of sp³-hybridized carbons (Fsp3) is 0.917. The van der Waals surface area contributed by atoms with Gasteiger partial charge in [-0.15, -0.1) is 0 Å². The Kier molecular flexibility index (Phi) is 4.84.